The monoisotopic (exact) mass is 494 g/mol. The van der Waals surface area contributed by atoms with E-state index in [0.29, 0.717) is 23.8 Å². The Morgan fingerprint density at radius 1 is 0.971 bits per heavy atom. The summed E-state index contributed by atoms with van der Waals surface area (Å²) in [4.78, 5) is 13.4. The molecule has 1 aliphatic carbocycles. The molecular formula is C26H26N2O6S. The van der Waals surface area contributed by atoms with E-state index in [9.17, 15) is 13.2 Å². The van der Waals surface area contributed by atoms with Crippen molar-refractivity contribution in [3.05, 3.63) is 72.3 Å². The number of anilines is 1. The molecule has 0 radical (unpaired) electrons. The number of methoxy groups -OCH3 is 1. The van der Waals surface area contributed by atoms with Gasteiger partial charge in [0.05, 0.1) is 16.9 Å². The molecule has 1 heterocycles. The van der Waals surface area contributed by atoms with Gasteiger partial charge in [-0.05, 0) is 65.9 Å². The van der Waals surface area contributed by atoms with Crippen LogP contribution in [-0.4, -0.2) is 41.4 Å². The Hall–Kier alpha value is -3.40. The molecule has 0 spiro atoms. The van der Waals surface area contributed by atoms with E-state index in [4.69, 9.17) is 14.2 Å². The van der Waals surface area contributed by atoms with E-state index in [1.54, 1.807) is 24.3 Å². The lowest BCUT2D eigenvalue weighted by atomic mass is 9.94. The van der Waals surface area contributed by atoms with Crippen LogP contribution in [0.1, 0.15) is 18.4 Å². The molecule has 0 bridgehead atoms. The molecule has 0 aromatic heterocycles. The zero-order valence-corrected chi connectivity index (χ0v) is 20.1. The summed E-state index contributed by atoms with van der Waals surface area (Å²) in [5.41, 5.74) is 2.74. The lowest BCUT2D eigenvalue weighted by molar-refractivity contribution is -0.118. The molecule has 182 valence electrons. The quantitative estimate of drug-likeness (QED) is 0.440. The third kappa shape index (κ3) is 4.75. The highest BCUT2D eigenvalue weighted by Gasteiger charge is 2.51. The fourth-order valence-electron chi connectivity index (χ4n) is 4.18. The first-order valence-corrected chi connectivity index (χ1v) is 12.8. The first-order valence-electron chi connectivity index (χ1n) is 11.3. The van der Waals surface area contributed by atoms with E-state index in [0.717, 1.165) is 29.5 Å². The zero-order chi connectivity index (χ0) is 24.5. The average molecular weight is 495 g/mol. The molecule has 3 aromatic rings. The minimum Gasteiger partial charge on any atom is -0.454 e. The second kappa shape index (κ2) is 9.33. The van der Waals surface area contributed by atoms with Crippen molar-refractivity contribution in [1.29, 1.82) is 0 Å². The summed E-state index contributed by atoms with van der Waals surface area (Å²) in [6.07, 6.45) is 1.54. The highest BCUT2D eigenvalue weighted by Crippen LogP contribution is 2.51. The predicted molar refractivity (Wildman–Crippen MR) is 131 cm³/mol. The molecule has 5 rings (SSSR count). The number of amides is 1. The number of carbonyl (C=O) groups is 1. The van der Waals surface area contributed by atoms with Crippen LogP contribution in [-0.2, 0) is 25.0 Å². The standard InChI is InChI=1S/C26H26N2O6S/c1-32-14-13-27-35(30,31)22-8-5-18(6-9-22)19-3-2-4-21(15-19)28-25(29)26(11-12-26)20-7-10-23-24(16-20)34-17-33-23/h2-10,15-16,27H,11-14,17H2,1H3,(H,28,29). The van der Waals surface area contributed by atoms with Gasteiger partial charge in [0, 0.05) is 19.3 Å². The van der Waals surface area contributed by atoms with Crippen molar-refractivity contribution in [1.82, 2.24) is 4.72 Å². The fourth-order valence-corrected chi connectivity index (χ4v) is 5.19. The summed E-state index contributed by atoms with van der Waals surface area (Å²) in [6.45, 7) is 0.698. The molecule has 1 fully saturated rings. The van der Waals surface area contributed by atoms with Gasteiger partial charge in [0.2, 0.25) is 22.7 Å². The van der Waals surface area contributed by atoms with Gasteiger partial charge in [-0.2, -0.15) is 0 Å². The molecule has 3 aromatic carbocycles. The number of carbonyl (C=O) groups excluding carboxylic acids is 1. The van der Waals surface area contributed by atoms with Crippen molar-refractivity contribution in [2.75, 3.05) is 32.4 Å². The maximum atomic E-state index is 13.2. The SMILES string of the molecule is COCCNS(=O)(=O)c1ccc(-c2cccc(NC(=O)C3(c4ccc5c(c4)OCO5)CC3)c2)cc1. The Morgan fingerprint density at radius 2 is 1.74 bits per heavy atom. The average Bonchev–Trinajstić information content (AvgIpc) is 3.55. The van der Waals surface area contributed by atoms with Gasteiger partial charge in [0.25, 0.3) is 0 Å². The van der Waals surface area contributed by atoms with Crippen molar-refractivity contribution in [2.45, 2.75) is 23.2 Å². The number of benzene rings is 3. The third-order valence-electron chi connectivity index (χ3n) is 6.33. The molecule has 0 saturated heterocycles. The number of hydrogen-bond donors (Lipinski definition) is 2. The second-order valence-electron chi connectivity index (χ2n) is 8.60. The zero-order valence-electron chi connectivity index (χ0n) is 19.2. The summed E-state index contributed by atoms with van der Waals surface area (Å²) in [7, 11) is -2.08. The summed E-state index contributed by atoms with van der Waals surface area (Å²) in [5.74, 6) is 1.31. The Kier molecular flexibility index (Phi) is 6.22. The van der Waals surface area contributed by atoms with E-state index in [-0.39, 0.29) is 24.1 Å². The largest absolute Gasteiger partial charge is 0.454 e. The molecule has 8 nitrogen and oxygen atoms in total. The second-order valence-corrected chi connectivity index (χ2v) is 10.4. The normalized spacial score (nSPS) is 15.6. The maximum absolute atomic E-state index is 13.2. The lowest BCUT2D eigenvalue weighted by Gasteiger charge is -2.17. The van der Waals surface area contributed by atoms with Gasteiger partial charge in [-0.15, -0.1) is 0 Å². The molecule has 35 heavy (non-hydrogen) atoms. The number of hydrogen-bond acceptors (Lipinski definition) is 6. The van der Waals surface area contributed by atoms with Crippen LogP contribution in [0.2, 0.25) is 0 Å². The summed E-state index contributed by atoms with van der Waals surface area (Å²) >= 11 is 0. The topological polar surface area (TPSA) is 103 Å². The Labute approximate surface area is 204 Å². The van der Waals surface area contributed by atoms with Gasteiger partial charge in [-0.25, -0.2) is 13.1 Å². The summed E-state index contributed by atoms with van der Waals surface area (Å²) < 4.78 is 43.0. The van der Waals surface area contributed by atoms with Crippen LogP contribution in [0.25, 0.3) is 11.1 Å². The van der Waals surface area contributed by atoms with Crippen LogP contribution < -0.4 is 19.5 Å². The Bertz CT molecular complexity index is 1350. The van der Waals surface area contributed by atoms with E-state index in [1.807, 2.05) is 42.5 Å². The molecule has 1 amide bonds. The number of sulfonamides is 1. The molecule has 1 saturated carbocycles. The predicted octanol–water partition coefficient (Wildman–Crippen LogP) is 3.68. The van der Waals surface area contributed by atoms with Gasteiger partial charge < -0.3 is 19.5 Å². The van der Waals surface area contributed by atoms with Crippen LogP contribution in [0, 0.1) is 0 Å². The van der Waals surface area contributed by atoms with Gasteiger partial charge in [0.15, 0.2) is 11.5 Å². The number of fused-ring (bicyclic) bond motifs is 1. The van der Waals surface area contributed by atoms with Gasteiger partial charge in [-0.1, -0.05) is 30.3 Å². The van der Waals surface area contributed by atoms with Crippen molar-refractivity contribution in [3.63, 3.8) is 0 Å². The van der Waals surface area contributed by atoms with E-state index in [1.165, 1.54) is 7.11 Å². The first-order chi connectivity index (χ1) is 16.9. The first kappa shape index (κ1) is 23.3. The van der Waals surface area contributed by atoms with E-state index in [2.05, 4.69) is 10.0 Å². The summed E-state index contributed by atoms with van der Waals surface area (Å²) in [6, 6.07) is 19.8. The van der Waals surface area contributed by atoms with Gasteiger partial charge >= 0.3 is 0 Å². The molecule has 0 atom stereocenters. The van der Waals surface area contributed by atoms with Gasteiger partial charge in [0.1, 0.15) is 0 Å². The molecule has 0 unspecified atom stereocenters. The number of ether oxygens (including phenoxy) is 3. The van der Waals surface area contributed by atoms with Crippen LogP contribution in [0.3, 0.4) is 0 Å². The van der Waals surface area contributed by atoms with Crippen LogP contribution in [0.15, 0.2) is 71.6 Å². The minimum atomic E-state index is -3.60. The van der Waals surface area contributed by atoms with Crippen LogP contribution in [0.4, 0.5) is 5.69 Å². The third-order valence-corrected chi connectivity index (χ3v) is 7.80. The molecule has 2 aliphatic rings. The number of rotatable bonds is 9. The molecule has 1 aliphatic heterocycles. The lowest BCUT2D eigenvalue weighted by Crippen LogP contribution is -2.27. The van der Waals surface area contributed by atoms with Crippen molar-refractivity contribution >= 4 is 21.6 Å². The van der Waals surface area contributed by atoms with Gasteiger partial charge in [-0.3, -0.25) is 4.79 Å². The minimum absolute atomic E-state index is 0.0583. The van der Waals surface area contributed by atoms with Crippen LogP contribution in [0.5, 0.6) is 11.5 Å². The van der Waals surface area contributed by atoms with E-state index < -0.39 is 15.4 Å². The van der Waals surface area contributed by atoms with Crippen molar-refractivity contribution in [3.8, 4) is 22.6 Å². The highest BCUT2D eigenvalue weighted by atomic mass is 32.2. The Balaban J connectivity index is 1.30. The molecular weight excluding hydrogens is 468 g/mol. The highest BCUT2D eigenvalue weighted by molar-refractivity contribution is 7.89. The summed E-state index contributed by atoms with van der Waals surface area (Å²) in [5, 5.41) is 3.06. The fraction of sp³-hybridized carbons (Fsp3) is 0.269. The van der Waals surface area contributed by atoms with Crippen molar-refractivity contribution < 1.29 is 27.4 Å². The van der Waals surface area contributed by atoms with Crippen molar-refractivity contribution in [2.24, 2.45) is 0 Å². The number of nitrogens with one attached hydrogen (secondary N) is 2. The molecule has 9 heteroatoms. The Morgan fingerprint density at radius 3 is 2.49 bits per heavy atom. The maximum Gasteiger partial charge on any atom is 0.240 e. The molecule has 2 N–H and O–H groups in total. The smallest absolute Gasteiger partial charge is 0.240 e. The van der Waals surface area contributed by atoms with E-state index >= 15 is 0 Å². The van der Waals surface area contributed by atoms with Crippen LogP contribution >= 0.6 is 0 Å².